The Morgan fingerprint density at radius 1 is 1.19 bits per heavy atom. The highest BCUT2D eigenvalue weighted by molar-refractivity contribution is 9.10. The average molecular weight is 351 g/mol. The second kappa shape index (κ2) is 8.00. The fraction of sp³-hybridized carbons (Fsp3) is 0.312. The summed E-state index contributed by atoms with van der Waals surface area (Å²) in [5, 5.41) is 3.11. The van der Waals surface area contributed by atoms with E-state index >= 15 is 0 Å². The molecule has 0 aliphatic rings. The van der Waals surface area contributed by atoms with Crippen molar-refractivity contribution in [2.75, 3.05) is 13.7 Å². The molecule has 0 amide bonds. The summed E-state index contributed by atoms with van der Waals surface area (Å²) in [6.45, 7) is 3.50. The van der Waals surface area contributed by atoms with E-state index in [-0.39, 0.29) is 0 Å². The van der Waals surface area contributed by atoms with E-state index in [1.54, 1.807) is 6.20 Å². The summed E-state index contributed by atoms with van der Waals surface area (Å²) in [5.41, 5.74) is 0.998. The van der Waals surface area contributed by atoms with Crippen molar-refractivity contribution in [3.05, 3.63) is 46.6 Å². The molecule has 0 atom stereocenters. The number of rotatable bonds is 7. The smallest absolute Gasteiger partial charge is 0.223 e. The second-order valence-corrected chi connectivity index (χ2v) is 5.49. The quantitative estimate of drug-likeness (QED) is 0.814. The molecule has 0 bridgehead atoms. The Bertz CT molecular complexity index is 573. The van der Waals surface area contributed by atoms with Crippen molar-refractivity contribution in [2.45, 2.75) is 19.9 Å². The van der Waals surface area contributed by atoms with Gasteiger partial charge >= 0.3 is 0 Å². The van der Waals surface area contributed by atoms with Gasteiger partial charge in [0.05, 0.1) is 6.61 Å². The van der Waals surface area contributed by atoms with Crippen molar-refractivity contribution < 1.29 is 9.47 Å². The second-order valence-electron chi connectivity index (χ2n) is 4.57. The lowest BCUT2D eigenvalue weighted by molar-refractivity contribution is 0.317. The maximum Gasteiger partial charge on any atom is 0.223 e. The van der Waals surface area contributed by atoms with Crippen molar-refractivity contribution in [1.82, 2.24) is 10.3 Å². The highest BCUT2D eigenvalue weighted by Gasteiger charge is 2.07. The van der Waals surface area contributed by atoms with Gasteiger partial charge in [-0.3, -0.25) is 0 Å². The van der Waals surface area contributed by atoms with Crippen LogP contribution in [0.15, 0.2) is 41.0 Å². The van der Waals surface area contributed by atoms with Crippen LogP contribution in [0.25, 0.3) is 0 Å². The first-order valence-corrected chi connectivity index (χ1v) is 7.72. The Morgan fingerprint density at radius 2 is 1.90 bits per heavy atom. The maximum absolute atomic E-state index is 5.85. The maximum atomic E-state index is 5.85. The predicted octanol–water partition coefficient (Wildman–Crippen LogP) is 4.14. The number of nitrogens with one attached hydrogen (secondary N) is 1. The Hall–Kier alpha value is -1.59. The van der Waals surface area contributed by atoms with E-state index in [1.165, 1.54) is 0 Å². The minimum atomic E-state index is 0.606. The molecule has 2 aromatic rings. The van der Waals surface area contributed by atoms with E-state index in [0.29, 0.717) is 12.4 Å². The van der Waals surface area contributed by atoms with Gasteiger partial charge in [-0.25, -0.2) is 4.98 Å². The molecule has 1 aromatic heterocycles. The van der Waals surface area contributed by atoms with Crippen LogP contribution in [0.3, 0.4) is 0 Å². The molecule has 0 spiro atoms. The van der Waals surface area contributed by atoms with Crippen molar-refractivity contribution in [1.29, 1.82) is 0 Å². The van der Waals surface area contributed by atoms with Crippen molar-refractivity contribution in [3.8, 4) is 17.4 Å². The largest absolute Gasteiger partial charge is 0.494 e. The number of pyridine rings is 1. The van der Waals surface area contributed by atoms with Crippen LogP contribution in [0.5, 0.6) is 17.4 Å². The number of nitrogens with zero attached hydrogens (tertiary/aromatic N) is 1. The van der Waals surface area contributed by atoms with Crippen LogP contribution < -0.4 is 14.8 Å². The van der Waals surface area contributed by atoms with Crippen molar-refractivity contribution >= 4 is 15.9 Å². The third-order valence-electron chi connectivity index (χ3n) is 2.77. The highest BCUT2D eigenvalue weighted by Crippen LogP contribution is 2.27. The summed E-state index contributed by atoms with van der Waals surface area (Å²) >= 11 is 3.42. The van der Waals surface area contributed by atoms with Crippen molar-refractivity contribution in [2.24, 2.45) is 0 Å². The summed E-state index contributed by atoms with van der Waals surface area (Å²) < 4.78 is 12.3. The molecule has 0 saturated carbocycles. The fourth-order valence-electron chi connectivity index (χ4n) is 1.81. The molecule has 0 saturated heterocycles. The van der Waals surface area contributed by atoms with Gasteiger partial charge in [0.1, 0.15) is 11.5 Å². The van der Waals surface area contributed by atoms with Crippen molar-refractivity contribution in [3.63, 3.8) is 0 Å². The van der Waals surface area contributed by atoms with Gasteiger partial charge in [0.15, 0.2) is 0 Å². The van der Waals surface area contributed by atoms with Crippen LogP contribution in [0.2, 0.25) is 0 Å². The number of hydrogen-bond acceptors (Lipinski definition) is 4. The predicted molar refractivity (Wildman–Crippen MR) is 87.0 cm³/mol. The SMILES string of the molecule is CCCOc1ccc(Oc2ncc(Br)cc2CNC)cc1. The Balaban J connectivity index is 2.10. The van der Waals surface area contributed by atoms with E-state index in [4.69, 9.17) is 9.47 Å². The molecule has 0 aliphatic heterocycles. The van der Waals surface area contributed by atoms with E-state index in [0.717, 1.165) is 34.6 Å². The topological polar surface area (TPSA) is 43.4 Å². The minimum Gasteiger partial charge on any atom is -0.494 e. The number of hydrogen-bond donors (Lipinski definition) is 1. The molecule has 0 aliphatic carbocycles. The molecule has 2 rings (SSSR count). The van der Waals surface area contributed by atoms with E-state index < -0.39 is 0 Å². The van der Waals surface area contributed by atoms with Crippen LogP contribution >= 0.6 is 15.9 Å². The Morgan fingerprint density at radius 3 is 2.57 bits per heavy atom. The molecule has 1 aromatic carbocycles. The first-order valence-electron chi connectivity index (χ1n) is 6.92. The average Bonchev–Trinajstić information content (AvgIpc) is 2.49. The van der Waals surface area contributed by atoms with Crippen LogP contribution in [-0.2, 0) is 6.54 Å². The Kier molecular flexibility index (Phi) is 6.02. The van der Waals surface area contributed by atoms with E-state index in [2.05, 4.69) is 33.2 Å². The zero-order chi connectivity index (χ0) is 15.1. The first kappa shape index (κ1) is 15.8. The van der Waals surface area contributed by atoms with Gasteiger partial charge in [-0.2, -0.15) is 0 Å². The highest BCUT2D eigenvalue weighted by atomic mass is 79.9. The van der Waals surface area contributed by atoms with Gasteiger partial charge in [-0.1, -0.05) is 6.92 Å². The molecule has 0 radical (unpaired) electrons. The number of ether oxygens (including phenoxy) is 2. The summed E-state index contributed by atoms with van der Waals surface area (Å²) in [4.78, 5) is 4.32. The monoisotopic (exact) mass is 350 g/mol. The molecule has 21 heavy (non-hydrogen) atoms. The normalized spacial score (nSPS) is 10.4. The molecule has 112 valence electrons. The molecule has 4 nitrogen and oxygen atoms in total. The molecule has 0 unspecified atom stereocenters. The first-order chi connectivity index (χ1) is 10.2. The molecular formula is C16H19BrN2O2. The Labute approximate surface area is 133 Å². The minimum absolute atomic E-state index is 0.606. The van der Waals surface area contributed by atoms with Crippen LogP contribution in [0, 0.1) is 0 Å². The van der Waals surface area contributed by atoms with Crippen LogP contribution in [0.4, 0.5) is 0 Å². The van der Waals surface area contributed by atoms with Gasteiger partial charge in [-0.15, -0.1) is 0 Å². The van der Waals surface area contributed by atoms with E-state index in [9.17, 15) is 0 Å². The fourth-order valence-corrected chi connectivity index (χ4v) is 2.19. The summed E-state index contributed by atoms with van der Waals surface area (Å²) in [7, 11) is 1.89. The molecular weight excluding hydrogens is 332 g/mol. The van der Waals surface area contributed by atoms with Gasteiger partial charge in [0, 0.05) is 22.8 Å². The zero-order valence-electron chi connectivity index (χ0n) is 12.2. The standard InChI is InChI=1S/C16H19BrN2O2/c1-3-8-20-14-4-6-15(7-5-14)21-16-12(10-18-2)9-13(17)11-19-16/h4-7,9,11,18H,3,8,10H2,1-2H3. The summed E-state index contributed by atoms with van der Waals surface area (Å²) in [5.74, 6) is 2.20. The van der Waals surface area contributed by atoms with Gasteiger partial charge in [-0.05, 0) is 59.7 Å². The number of aromatic nitrogens is 1. The number of halogens is 1. The van der Waals surface area contributed by atoms with Crippen LogP contribution in [-0.4, -0.2) is 18.6 Å². The molecule has 5 heteroatoms. The molecule has 1 N–H and O–H groups in total. The third kappa shape index (κ3) is 4.72. The lowest BCUT2D eigenvalue weighted by Gasteiger charge is -2.11. The van der Waals surface area contributed by atoms with Crippen LogP contribution in [0.1, 0.15) is 18.9 Å². The summed E-state index contributed by atoms with van der Waals surface area (Å²) in [6, 6.07) is 9.58. The van der Waals surface area contributed by atoms with Gasteiger partial charge in [0.25, 0.3) is 0 Å². The molecule has 0 fully saturated rings. The lowest BCUT2D eigenvalue weighted by Crippen LogP contribution is -2.07. The summed E-state index contributed by atoms with van der Waals surface area (Å²) in [6.07, 6.45) is 2.72. The van der Waals surface area contributed by atoms with Gasteiger partial charge in [0.2, 0.25) is 5.88 Å². The number of benzene rings is 1. The lowest BCUT2D eigenvalue weighted by atomic mass is 10.2. The van der Waals surface area contributed by atoms with E-state index in [1.807, 2.05) is 37.4 Å². The zero-order valence-corrected chi connectivity index (χ0v) is 13.8. The van der Waals surface area contributed by atoms with Gasteiger partial charge < -0.3 is 14.8 Å². The third-order valence-corrected chi connectivity index (χ3v) is 3.20. The molecule has 1 heterocycles.